The van der Waals surface area contributed by atoms with Crippen molar-refractivity contribution in [1.29, 1.82) is 0 Å². The first-order chi connectivity index (χ1) is 10.9. The van der Waals surface area contributed by atoms with Gasteiger partial charge in [0.1, 0.15) is 16.4 Å². The van der Waals surface area contributed by atoms with Crippen molar-refractivity contribution in [3.8, 4) is 0 Å². The molecule has 126 valence electrons. The molecule has 1 fully saturated rings. The van der Waals surface area contributed by atoms with E-state index in [0.29, 0.717) is 26.3 Å². The number of hydrogen-bond acceptors (Lipinski definition) is 8. The van der Waals surface area contributed by atoms with Crippen molar-refractivity contribution in [2.45, 2.75) is 5.75 Å². The van der Waals surface area contributed by atoms with Crippen LogP contribution >= 0.6 is 0 Å². The number of thiol groups is 1. The highest BCUT2D eigenvalue weighted by Gasteiger charge is 2.26. The average molecular weight is 344 g/mol. The van der Waals surface area contributed by atoms with E-state index in [4.69, 9.17) is 4.74 Å². The summed E-state index contributed by atoms with van der Waals surface area (Å²) in [5.74, 6) is -1.21. The Morgan fingerprint density at radius 2 is 2.04 bits per heavy atom. The van der Waals surface area contributed by atoms with Gasteiger partial charge in [0.2, 0.25) is 0 Å². The van der Waals surface area contributed by atoms with Gasteiger partial charge in [0.15, 0.2) is 0 Å². The number of nitro groups is 1. The van der Waals surface area contributed by atoms with E-state index < -0.39 is 27.3 Å². The Labute approximate surface area is 133 Å². The van der Waals surface area contributed by atoms with Crippen LogP contribution in [0.25, 0.3) is 0 Å². The first-order valence-corrected chi connectivity index (χ1v) is 8.14. The summed E-state index contributed by atoms with van der Waals surface area (Å²) in [5, 5.41) is 11.3. The average Bonchev–Trinajstić information content (AvgIpc) is 2.53. The third kappa shape index (κ3) is 3.96. The highest BCUT2D eigenvalue weighted by Crippen LogP contribution is 2.33. The van der Waals surface area contributed by atoms with Gasteiger partial charge in [-0.1, -0.05) is 0 Å². The van der Waals surface area contributed by atoms with Gasteiger partial charge in [-0.15, -0.1) is 0 Å². The molecule has 0 saturated carbocycles. The number of carbonyl (C=O) groups is 1. The van der Waals surface area contributed by atoms with Crippen LogP contribution in [0.5, 0.6) is 0 Å². The van der Waals surface area contributed by atoms with E-state index in [1.165, 1.54) is 6.07 Å². The summed E-state index contributed by atoms with van der Waals surface area (Å²) in [7, 11) is -1.67. The lowest BCUT2D eigenvalue weighted by Crippen LogP contribution is -2.36. The Morgan fingerprint density at radius 1 is 1.39 bits per heavy atom. The zero-order valence-electron chi connectivity index (χ0n) is 12.4. The van der Waals surface area contributed by atoms with E-state index in [-0.39, 0.29) is 22.5 Å². The smallest absolute Gasteiger partial charge is 0.338 e. The number of ether oxygens (including phenoxy) is 2. The lowest BCUT2D eigenvalue weighted by atomic mass is 10.1. The molecule has 1 aromatic carbocycles. The molecule has 0 aliphatic carbocycles. The Morgan fingerprint density at radius 3 is 2.57 bits per heavy atom. The molecule has 23 heavy (non-hydrogen) atoms. The highest BCUT2D eigenvalue weighted by molar-refractivity contribution is 7.71. The number of nitrogens with zero attached hydrogens (tertiary/aromatic N) is 2. The molecule has 0 N–H and O–H groups in total. The maximum absolute atomic E-state index is 11.8. The van der Waals surface area contributed by atoms with Crippen molar-refractivity contribution < 1.29 is 27.6 Å². The first-order valence-electron chi connectivity index (χ1n) is 6.78. The molecule has 1 heterocycles. The van der Waals surface area contributed by atoms with Crippen LogP contribution < -0.4 is 4.90 Å². The summed E-state index contributed by atoms with van der Waals surface area (Å²) in [5.41, 5.74) is 0.0745. The van der Waals surface area contributed by atoms with E-state index in [9.17, 15) is 23.3 Å². The van der Waals surface area contributed by atoms with E-state index in [1.807, 2.05) is 0 Å². The highest BCUT2D eigenvalue weighted by atomic mass is 32.2. The van der Waals surface area contributed by atoms with Crippen molar-refractivity contribution in [3.05, 3.63) is 33.4 Å². The molecule has 0 radical (unpaired) electrons. The Kier molecular flexibility index (Phi) is 5.50. The topological polar surface area (TPSA) is 116 Å². The summed E-state index contributed by atoms with van der Waals surface area (Å²) in [6, 6.07) is 2.45. The quantitative estimate of drug-likeness (QED) is 0.351. The van der Waals surface area contributed by atoms with Crippen LogP contribution in [0.15, 0.2) is 12.1 Å². The molecule has 0 atom stereocenters. The fourth-order valence-corrected chi connectivity index (χ4v) is 2.93. The minimum atomic E-state index is -2.80. The minimum absolute atomic E-state index is 0.115. The van der Waals surface area contributed by atoms with E-state index >= 15 is 0 Å². The van der Waals surface area contributed by atoms with Gasteiger partial charge in [-0.05, 0) is 11.6 Å². The zero-order valence-corrected chi connectivity index (χ0v) is 13.3. The zero-order chi connectivity index (χ0) is 17.0. The van der Waals surface area contributed by atoms with Crippen LogP contribution in [-0.4, -0.2) is 52.7 Å². The normalized spacial score (nSPS) is 14.8. The lowest BCUT2D eigenvalue weighted by Gasteiger charge is -2.29. The molecule has 0 spiro atoms. The van der Waals surface area contributed by atoms with E-state index in [0.717, 1.165) is 13.2 Å². The largest absolute Gasteiger partial charge is 0.465 e. The van der Waals surface area contributed by atoms with Crippen molar-refractivity contribution in [3.63, 3.8) is 0 Å². The lowest BCUT2D eigenvalue weighted by molar-refractivity contribution is -0.384. The predicted molar refractivity (Wildman–Crippen MR) is 81.5 cm³/mol. The van der Waals surface area contributed by atoms with Crippen LogP contribution in [0, 0.1) is 10.1 Å². The summed E-state index contributed by atoms with van der Waals surface area (Å²) in [6.07, 6.45) is 0. The van der Waals surface area contributed by atoms with Gasteiger partial charge in [0.05, 0.1) is 36.6 Å². The molecule has 0 bridgehead atoms. The summed E-state index contributed by atoms with van der Waals surface area (Å²) >= 11 is 0. The summed E-state index contributed by atoms with van der Waals surface area (Å²) < 4.78 is 31.9. The molecule has 1 aliphatic heterocycles. The van der Waals surface area contributed by atoms with Crippen molar-refractivity contribution >= 4 is 28.0 Å². The van der Waals surface area contributed by atoms with Gasteiger partial charge in [0.25, 0.3) is 5.69 Å². The number of anilines is 1. The molecule has 10 heteroatoms. The molecular formula is C13H16N2O7S. The van der Waals surface area contributed by atoms with Crippen molar-refractivity contribution in [2.24, 2.45) is 0 Å². The predicted octanol–water partition coefficient (Wildman–Crippen LogP) is 0.329. The second kappa shape index (κ2) is 7.38. The van der Waals surface area contributed by atoms with Crippen LogP contribution in [-0.2, 0) is 25.9 Å². The second-order valence-corrected chi connectivity index (χ2v) is 5.82. The van der Waals surface area contributed by atoms with Crippen LogP contribution in [0.2, 0.25) is 0 Å². The first kappa shape index (κ1) is 17.2. The monoisotopic (exact) mass is 344 g/mol. The fraction of sp³-hybridized carbons (Fsp3) is 0.462. The molecule has 0 amide bonds. The van der Waals surface area contributed by atoms with Crippen molar-refractivity contribution in [1.82, 2.24) is 0 Å². The molecule has 0 unspecified atom stereocenters. The van der Waals surface area contributed by atoms with Gasteiger partial charge in [-0.3, -0.25) is 10.1 Å². The Hall–Kier alpha value is -2.20. The van der Waals surface area contributed by atoms with Crippen LogP contribution in [0.4, 0.5) is 11.4 Å². The van der Waals surface area contributed by atoms with Gasteiger partial charge in [-0.2, -0.15) is 0 Å². The number of rotatable bonds is 5. The maximum atomic E-state index is 11.8. The van der Waals surface area contributed by atoms with Gasteiger partial charge >= 0.3 is 5.97 Å². The number of nitro benzene ring substituents is 1. The number of methoxy groups -OCH3 is 1. The number of carbonyl (C=O) groups excluding carboxylic acids is 1. The maximum Gasteiger partial charge on any atom is 0.338 e. The molecule has 0 aromatic heterocycles. The molecule has 1 saturated heterocycles. The number of benzene rings is 1. The van der Waals surface area contributed by atoms with Crippen LogP contribution in [0.3, 0.4) is 0 Å². The van der Waals surface area contributed by atoms with Crippen LogP contribution in [0.1, 0.15) is 15.9 Å². The van der Waals surface area contributed by atoms with Gasteiger partial charge < -0.3 is 14.4 Å². The Balaban J connectivity index is 2.59. The van der Waals surface area contributed by atoms with E-state index in [1.54, 1.807) is 4.90 Å². The Bertz CT molecular complexity index is 688. The minimum Gasteiger partial charge on any atom is -0.465 e. The molecular weight excluding hydrogens is 328 g/mol. The standard InChI is InChI=1S/C13H16N2O7S/c1-21-13(16)10-7-12(15(17)18)11(6-9(10)8-23(19)20)14-2-4-22-5-3-14/h6-7,23H,2-5,8H2,1H3. The van der Waals surface area contributed by atoms with E-state index in [2.05, 4.69) is 4.74 Å². The molecule has 2 rings (SSSR count). The molecule has 1 aromatic rings. The number of esters is 1. The third-order valence-corrected chi connectivity index (χ3v) is 4.05. The SMILES string of the molecule is COC(=O)c1cc([N+](=O)[O-])c(N2CCOCC2)cc1C[SH](=O)=O. The third-order valence-electron chi connectivity index (χ3n) is 3.45. The summed E-state index contributed by atoms with van der Waals surface area (Å²) in [6.45, 7) is 1.73. The van der Waals surface area contributed by atoms with Gasteiger partial charge in [0, 0.05) is 19.2 Å². The van der Waals surface area contributed by atoms with Gasteiger partial charge in [-0.25, -0.2) is 13.2 Å². The fourth-order valence-electron chi connectivity index (χ4n) is 2.39. The second-order valence-electron chi connectivity index (χ2n) is 4.84. The summed E-state index contributed by atoms with van der Waals surface area (Å²) in [4.78, 5) is 24.3. The number of hydrogen-bond donors (Lipinski definition) is 1. The molecule has 9 nitrogen and oxygen atoms in total. The number of morpholine rings is 1. The molecule has 1 aliphatic rings. The van der Waals surface area contributed by atoms with Crippen molar-refractivity contribution in [2.75, 3.05) is 38.3 Å².